The molecule has 28 heavy (non-hydrogen) atoms. The molecule has 0 bridgehead atoms. The molecule has 146 valence electrons. The molecular weight excluding hydrogens is 394 g/mol. The minimum absolute atomic E-state index is 0.211. The van der Waals surface area contributed by atoms with E-state index in [1.165, 1.54) is 5.39 Å². The summed E-state index contributed by atoms with van der Waals surface area (Å²) in [5.41, 5.74) is 9.03. The van der Waals surface area contributed by atoms with E-state index in [2.05, 4.69) is 32.4 Å². The van der Waals surface area contributed by atoms with Crippen LogP contribution >= 0.6 is 23.4 Å². The molecule has 6 nitrogen and oxygen atoms in total. The van der Waals surface area contributed by atoms with Crippen LogP contribution in [0.5, 0.6) is 0 Å². The molecule has 0 spiro atoms. The van der Waals surface area contributed by atoms with Crippen molar-refractivity contribution in [1.82, 2.24) is 20.3 Å². The van der Waals surface area contributed by atoms with Crippen molar-refractivity contribution < 1.29 is 4.74 Å². The number of halogens is 1. The standard InChI is InChI=1S/C20H22ClN5OS/c1-23-7-2-3-8-28-20-25-18(24-19(22)26-20)17-14-6-4-5-12-10-27-11-13(16(12)14)9-15(17)21/h4-6,9,23H,2-3,7-8,10-11H2,1H3,(H2,22,24,25,26). The van der Waals surface area contributed by atoms with Crippen molar-refractivity contribution in [2.24, 2.45) is 0 Å². The highest BCUT2D eigenvalue weighted by Crippen LogP contribution is 2.39. The van der Waals surface area contributed by atoms with Crippen LogP contribution in [-0.4, -0.2) is 34.3 Å². The third-order valence-corrected chi connectivity index (χ3v) is 5.94. The minimum atomic E-state index is 0.211. The van der Waals surface area contributed by atoms with Crippen LogP contribution in [0.2, 0.25) is 5.02 Å². The molecule has 0 saturated carbocycles. The Morgan fingerprint density at radius 2 is 2.04 bits per heavy atom. The number of nitrogen functional groups attached to an aromatic ring is 1. The van der Waals surface area contributed by atoms with Crippen molar-refractivity contribution in [3.8, 4) is 11.4 Å². The number of hydrogen-bond donors (Lipinski definition) is 2. The van der Waals surface area contributed by atoms with Gasteiger partial charge in [-0.2, -0.15) is 9.97 Å². The Morgan fingerprint density at radius 1 is 1.18 bits per heavy atom. The van der Waals surface area contributed by atoms with Crippen LogP contribution in [0, 0.1) is 0 Å². The smallest absolute Gasteiger partial charge is 0.224 e. The number of aromatic nitrogens is 3. The van der Waals surface area contributed by atoms with Crippen molar-refractivity contribution >= 4 is 40.1 Å². The average molecular weight is 416 g/mol. The Bertz CT molecular complexity index is 1010. The van der Waals surface area contributed by atoms with Crippen LogP contribution in [-0.2, 0) is 18.0 Å². The van der Waals surface area contributed by atoms with E-state index in [0.717, 1.165) is 47.2 Å². The lowest BCUT2D eigenvalue weighted by molar-refractivity contribution is 0.103. The molecule has 2 aromatic carbocycles. The van der Waals surface area contributed by atoms with Gasteiger partial charge in [-0.3, -0.25) is 0 Å². The molecule has 0 fully saturated rings. The molecular formula is C20H22ClN5OS. The van der Waals surface area contributed by atoms with Crippen molar-refractivity contribution in [2.75, 3.05) is 25.1 Å². The van der Waals surface area contributed by atoms with E-state index in [1.54, 1.807) is 11.8 Å². The lowest BCUT2D eigenvalue weighted by atomic mass is 9.94. The fraction of sp³-hybridized carbons (Fsp3) is 0.350. The van der Waals surface area contributed by atoms with Crippen LogP contribution in [0.4, 0.5) is 5.95 Å². The van der Waals surface area contributed by atoms with Gasteiger partial charge in [-0.1, -0.05) is 41.6 Å². The van der Waals surface area contributed by atoms with Crippen LogP contribution in [0.15, 0.2) is 29.4 Å². The number of unbranched alkanes of at least 4 members (excludes halogenated alkanes) is 1. The molecule has 4 rings (SSSR count). The lowest BCUT2D eigenvalue weighted by Gasteiger charge is -2.20. The number of thioether (sulfide) groups is 1. The Hall–Kier alpha value is -1.93. The summed E-state index contributed by atoms with van der Waals surface area (Å²) in [4.78, 5) is 13.3. The Morgan fingerprint density at radius 3 is 2.89 bits per heavy atom. The van der Waals surface area contributed by atoms with E-state index in [1.807, 2.05) is 19.2 Å². The summed E-state index contributed by atoms with van der Waals surface area (Å²) in [6.07, 6.45) is 2.19. The van der Waals surface area contributed by atoms with Gasteiger partial charge in [0.1, 0.15) is 0 Å². The monoisotopic (exact) mass is 415 g/mol. The number of rotatable bonds is 7. The summed E-state index contributed by atoms with van der Waals surface area (Å²) in [7, 11) is 1.96. The first kappa shape index (κ1) is 19.4. The quantitative estimate of drug-likeness (QED) is 0.444. The molecule has 0 saturated heterocycles. The van der Waals surface area contributed by atoms with Crippen LogP contribution < -0.4 is 11.1 Å². The van der Waals surface area contributed by atoms with E-state index in [0.29, 0.717) is 29.2 Å². The van der Waals surface area contributed by atoms with Crippen molar-refractivity contribution in [1.29, 1.82) is 0 Å². The average Bonchev–Trinajstić information content (AvgIpc) is 2.68. The molecule has 1 aromatic heterocycles. The first-order valence-electron chi connectivity index (χ1n) is 9.27. The van der Waals surface area contributed by atoms with E-state index >= 15 is 0 Å². The summed E-state index contributed by atoms with van der Waals surface area (Å²) in [6.45, 7) is 2.16. The van der Waals surface area contributed by atoms with Crippen molar-refractivity contribution in [3.63, 3.8) is 0 Å². The van der Waals surface area contributed by atoms with Crippen LogP contribution in [0.1, 0.15) is 24.0 Å². The second-order valence-electron chi connectivity index (χ2n) is 6.68. The van der Waals surface area contributed by atoms with Gasteiger partial charge in [-0.25, -0.2) is 4.98 Å². The van der Waals surface area contributed by atoms with Crippen molar-refractivity contribution in [3.05, 3.63) is 40.4 Å². The third-order valence-electron chi connectivity index (χ3n) is 4.70. The highest BCUT2D eigenvalue weighted by atomic mass is 35.5. The molecule has 0 amide bonds. The molecule has 2 heterocycles. The van der Waals surface area contributed by atoms with Gasteiger partial charge in [0.25, 0.3) is 0 Å². The summed E-state index contributed by atoms with van der Waals surface area (Å²) in [5, 5.41) is 6.58. The van der Waals surface area contributed by atoms with Crippen LogP contribution in [0.25, 0.3) is 22.2 Å². The Labute approximate surface area is 173 Å². The molecule has 3 N–H and O–H groups in total. The number of hydrogen-bond acceptors (Lipinski definition) is 7. The normalized spacial score (nSPS) is 13.2. The zero-order valence-electron chi connectivity index (χ0n) is 15.7. The predicted molar refractivity (Wildman–Crippen MR) is 115 cm³/mol. The maximum Gasteiger partial charge on any atom is 0.224 e. The number of benzene rings is 2. The zero-order chi connectivity index (χ0) is 19.5. The SMILES string of the molecule is CNCCCCSc1nc(N)nc(-c2c(Cl)cc3c4c(cccc24)COC3)n1. The van der Waals surface area contributed by atoms with E-state index in [9.17, 15) is 0 Å². The highest BCUT2D eigenvalue weighted by molar-refractivity contribution is 7.99. The highest BCUT2D eigenvalue weighted by Gasteiger charge is 2.20. The fourth-order valence-corrected chi connectivity index (χ4v) is 4.62. The molecule has 8 heteroatoms. The molecule has 0 aliphatic carbocycles. The maximum atomic E-state index is 6.65. The molecule has 0 radical (unpaired) electrons. The Balaban J connectivity index is 1.72. The topological polar surface area (TPSA) is 86.0 Å². The molecule has 3 aromatic rings. The van der Waals surface area contributed by atoms with Gasteiger partial charge in [-0.15, -0.1) is 0 Å². The largest absolute Gasteiger partial charge is 0.372 e. The number of ether oxygens (including phenoxy) is 1. The number of nitrogens with one attached hydrogen (secondary N) is 1. The molecule has 1 aliphatic rings. The summed E-state index contributed by atoms with van der Waals surface area (Å²) in [6, 6.07) is 8.10. The summed E-state index contributed by atoms with van der Waals surface area (Å²) < 4.78 is 5.67. The van der Waals surface area contributed by atoms with Crippen molar-refractivity contribution in [2.45, 2.75) is 31.2 Å². The van der Waals surface area contributed by atoms with Gasteiger partial charge in [0.15, 0.2) is 11.0 Å². The number of nitrogens with two attached hydrogens (primary N) is 1. The fourth-order valence-electron chi connectivity index (χ4n) is 3.46. The van der Waals surface area contributed by atoms with E-state index < -0.39 is 0 Å². The third kappa shape index (κ3) is 3.93. The van der Waals surface area contributed by atoms with Crippen LogP contribution in [0.3, 0.4) is 0 Å². The Kier molecular flexibility index (Phi) is 5.96. The lowest BCUT2D eigenvalue weighted by Crippen LogP contribution is -2.08. The minimum Gasteiger partial charge on any atom is -0.372 e. The van der Waals surface area contributed by atoms with Gasteiger partial charge in [0, 0.05) is 11.3 Å². The molecule has 1 aliphatic heterocycles. The first-order chi connectivity index (χ1) is 13.7. The second kappa shape index (κ2) is 8.61. The van der Waals surface area contributed by atoms with Gasteiger partial charge in [0.2, 0.25) is 5.95 Å². The zero-order valence-corrected chi connectivity index (χ0v) is 17.2. The van der Waals surface area contributed by atoms with Gasteiger partial charge < -0.3 is 15.8 Å². The predicted octanol–water partition coefficient (Wildman–Crippen LogP) is 4.05. The first-order valence-corrected chi connectivity index (χ1v) is 10.6. The molecule has 0 unspecified atom stereocenters. The summed E-state index contributed by atoms with van der Waals surface area (Å²) in [5.74, 6) is 1.66. The number of nitrogens with zero attached hydrogens (tertiary/aromatic N) is 3. The van der Waals surface area contributed by atoms with E-state index in [-0.39, 0.29) is 5.95 Å². The summed E-state index contributed by atoms with van der Waals surface area (Å²) >= 11 is 8.25. The van der Waals surface area contributed by atoms with E-state index in [4.69, 9.17) is 22.1 Å². The van der Waals surface area contributed by atoms with Gasteiger partial charge in [-0.05, 0) is 54.4 Å². The van der Waals surface area contributed by atoms with Gasteiger partial charge >= 0.3 is 0 Å². The number of anilines is 1. The molecule has 0 atom stereocenters. The van der Waals surface area contributed by atoms with Gasteiger partial charge in [0.05, 0.1) is 18.2 Å². The maximum absolute atomic E-state index is 6.65. The second-order valence-corrected chi connectivity index (χ2v) is 8.15.